The number of aryl methyl sites for hydroxylation is 1. The number of ether oxygens (including phenoxy) is 1. The van der Waals surface area contributed by atoms with Gasteiger partial charge in [-0.1, -0.05) is 0 Å². The molecule has 2 saturated heterocycles. The van der Waals surface area contributed by atoms with Crippen molar-refractivity contribution in [2.24, 2.45) is 7.05 Å². The lowest BCUT2D eigenvalue weighted by Crippen LogP contribution is -2.42. The average molecular weight is 332 g/mol. The minimum absolute atomic E-state index is 0.00797. The van der Waals surface area contributed by atoms with Gasteiger partial charge < -0.3 is 14.6 Å². The number of H-pyrrole nitrogens is 1. The van der Waals surface area contributed by atoms with Gasteiger partial charge in [-0.3, -0.25) is 19.2 Å². The number of nitrogens with zero attached hydrogens (tertiary/aromatic N) is 5. The molecule has 2 aromatic rings. The maximum absolute atomic E-state index is 12.1. The van der Waals surface area contributed by atoms with E-state index in [0.29, 0.717) is 43.0 Å². The van der Waals surface area contributed by atoms with Crippen molar-refractivity contribution in [2.75, 3.05) is 26.7 Å². The van der Waals surface area contributed by atoms with E-state index in [4.69, 9.17) is 4.74 Å². The molecule has 1 N–H and O–H groups in total. The molecular formula is C15H20N6O3. The fourth-order valence-electron chi connectivity index (χ4n) is 3.52. The summed E-state index contributed by atoms with van der Waals surface area (Å²) < 4.78 is 7.42. The number of hydrogen-bond donors (Lipinski definition) is 1. The summed E-state index contributed by atoms with van der Waals surface area (Å²) in [6.07, 6.45) is 1.97. The van der Waals surface area contributed by atoms with Crippen LogP contribution >= 0.6 is 0 Å². The van der Waals surface area contributed by atoms with E-state index in [0.717, 1.165) is 6.54 Å². The lowest BCUT2D eigenvalue weighted by atomic mass is 10.2. The Labute approximate surface area is 138 Å². The highest BCUT2D eigenvalue weighted by atomic mass is 16.5. The molecule has 0 radical (unpaired) electrons. The van der Waals surface area contributed by atoms with Gasteiger partial charge in [-0.2, -0.15) is 5.10 Å². The van der Waals surface area contributed by atoms with Crippen LogP contribution in [0.5, 0.6) is 0 Å². The fourth-order valence-corrected chi connectivity index (χ4v) is 3.52. The quantitative estimate of drug-likeness (QED) is 0.765. The third kappa shape index (κ3) is 2.49. The molecule has 2 atom stereocenters. The van der Waals surface area contributed by atoms with E-state index in [1.54, 1.807) is 16.6 Å². The molecule has 0 bridgehead atoms. The monoisotopic (exact) mass is 332 g/mol. The maximum atomic E-state index is 12.1. The molecule has 2 aromatic heterocycles. The first-order chi connectivity index (χ1) is 11.5. The van der Waals surface area contributed by atoms with Crippen molar-refractivity contribution in [3.63, 3.8) is 0 Å². The molecule has 128 valence electrons. The van der Waals surface area contributed by atoms with Gasteiger partial charge in [-0.05, 0) is 0 Å². The largest absolute Gasteiger partial charge is 0.374 e. The molecule has 2 aliphatic heterocycles. The molecule has 1 amide bonds. The third-order valence-electron chi connectivity index (χ3n) is 4.88. The molecule has 0 saturated carbocycles. The Morgan fingerprint density at radius 3 is 3.00 bits per heavy atom. The van der Waals surface area contributed by atoms with Gasteiger partial charge in [0.05, 0.1) is 37.9 Å². The summed E-state index contributed by atoms with van der Waals surface area (Å²) in [5.74, 6) is 0.716. The smallest absolute Gasteiger partial charge is 0.262 e. The second kappa shape index (κ2) is 5.67. The molecule has 4 heterocycles. The van der Waals surface area contributed by atoms with Gasteiger partial charge in [-0.25, -0.2) is 4.98 Å². The standard InChI is InChI=1S/C15H20N6O3/c1-19-10-6-21(7-11(10)24-4-3-13(19)22)8-12-17-14-9(15(23)18-12)5-16-20(14)2/h5,10-11H,3-4,6-8H2,1-2H3,(H,17,18,23)/t10-,11-/m0/s1. The van der Waals surface area contributed by atoms with E-state index in [9.17, 15) is 9.59 Å². The Morgan fingerprint density at radius 2 is 2.17 bits per heavy atom. The van der Waals surface area contributed by atoms with E-state index in [1.165, 1.54) is 6.20 Å². The first-order valence-corrected chi connectivity index (χ1v) is 8.03. The molecule has 2 aliphatic rings. The Kier molecular flexibility index (Phi) is 3.61. The molecule has 9 nitrogen and oxygen atoms in total. The molecule has 9 heteroatoms. The van der Waals surface area contributed by atoms with Crippen LogP contribution < -0.4 is 5.56 Å². The van der Waals surface area contributed by atoms with Crippen LogP contribution in [0, 0.1) is 0 Å². The molecule has 0 spiro atoms. The number of nitrogens with one attached hydrogen (secondary N) is 1. The van der Waals surface area contributed by atoms with Crippen molar-refractivity contribution in [1.29, 1.82) is 0 Å². The predicted molar refractivity (Wildman–Crippen MR) is 85.3 cm³/mol. The van der Waals surface area contributed by atoms with E-state index >= 15 is 0 Å². The van der Waals surface area contributed by atoms with E-state index in [-0.39, 0.29) is 23.6 Å². The molecule has 0 aromatic carbocycles. The molecule has 0 unspecified atom stereocenters. The number of fused-ring (bicyclic) bond motifs is 2. The number of aromatic amines is 1. The molecule has 0 aliphatic carbocycles. The topological polar surface area (TPSA) is 96.3 Å². The van der Waals surface area contributed by atoms with Gasteiger partial charge in [0, 0.05) is 27.2 Å². The van der Waals surface area contributed by atoms with Crippen LogP contribution in [0.25, 0.3) is 11.0 Å². The summed E-state index contributed by atoms with van der Waals surface area (Å²) >= 11 is 0. The zero-order valence-corrected chi connectivity index (χ0v) is 13.7. The van der Waals surface area contributed by atoms with Gasteiger partial charge in [0.15, 0.2) is 5.65 Å². The maximum Gasteiger partial charge on any atom is 0.262 e. The average Bonchev–Trinajstić information content (AvgIpc) is 3.08. The van der Waals surface area contributed by atoms with Gasteiger partial charge in [0.25, 0.3) is 5.56 Å². The van der Waals surface area contributed by atoms with Gasteiger partial charge >= 0.3 is 0 Å². The number of aromatic nitrogens is 4. The first kappa shape index (κ1) is 15.3. The highest BCUT2D eigenvalue weighted by Gasteiger charge is 2.39. The molecular weight excluding hydrogens is 312 g/mol. The van der Waals surface area contributed by atoms with Crippen LogP contribution in [0.1, 0.15) is 12.2 Å². The van der Waals surface area contributed by atoms with Crippen LogP contribution in [-0.4, -0.2) is 74.3 Å². The normalized spacial score (nSPS) is 25.2. The molecule has 24 heavy (non-hydrogen) atoms. The van der Waals surface area contributed by atoms with E-state index in [1.807, 2.05) is 7.05 Å². The summed E-state index contributed by atoms with van der Waals surface area (Å²) in [5, 5.41) is 4.56. The Morgan fingerprint density at radius 1 is 1.33 bits per heavy atom. The number of carbonyl (C=O) groups excluding carboxylic acids is 1. The third-order valence-corrected chi connectivity index (χ3v) is 4.88. The van der Waals surface area contributed by atoms with Crippen LogP contribution in [0.4, 0.5) is 0 Å². The van der Waals surface area contributed by atoms with Crippen molar-refractivity contribution in [2.45, 2.75) is 25.1 Å². The van der Waals surface area contributed by atoms with E-state index < -0.39 is 0 Å². The SMILES string of the molecule is CN1C(=O)CCO[C@H]2CN(Cc3nc4c(cnn4C)c(=O)[nH]3)C[C@@H]21. The van der Waals surface area contributed by atoms with Crippen LogP contribution in [0.2, 0.25) is 0 Å². The van der Waals surface area contributed by atoms with Crippen LogP contribution in [0.3, 0.4) is 0 Å². The summed E-state index contributed by atoms with van der Waals surface area (Å²) in [6, 6.07) is 0.0483. The van der Waals surface area contributed by atoms with Crippen LogP contribution in [-0.2, 0) is 23.1 Å². The summed E-state index contributed by atoms with van der Waals surface area (Å²) in [5.41, 5.74) is 0.394. The van der Waals surface area contributed by atoms with E-state index in [2.05, 4.69) is 20.0 Å². The number of likely N-dealkylation sites (tertiary alicyclic amines) is 1. The Bertz CT molecular complexity index is 843. The predicted octanol–water partition coefficient (Wildman–Crippen LogP) is -0.912. The highest BCUT2D eigenvalue weighted by molar-refractivity contribution is 5.76. The summed E-state index contributed by atoms with van der Waals surface area (Å²) in [6.45, 7) is 2.40. The minimum Gasteiger partial charge on any atom is -0.374 e. The number of hydrogen-bond acceptors (Lipinski definition) is 6. The van der Waals surface area contributed by atoms with Crippen molar-refractivity contribution >= 4 is 16.9 Å². The number of carbonyl (C=O) groups is 1. The zero-order chi connectivity index (χ0) is 16.8. The fraction of sp³-hybridized carbons (Fsp3) is 0.600. The number of amides is 1. The summed E-state index contributed by atoms with van der Waals surface area (Å²) in [4.78, 5) is 35.4. The van der Waals surface area contributed by atoms with Gasteiger partial charge in [0.1, 0.15) is 11.2 Å². The zero-order valence-electron chi connectivity index (χ0n) is 13.7. The Hall–Kier alpha value is -2.26. The second-order valence-electron chi connectivity index (χ2n) is 6.44. The number of rotatable bonds is 2. The first-order valence-electron chi connectivity index (χ1n) is 8.03. The second-order valence-corrected chi connectivity index (χ2v) is 6.44. The molecule has 4 rings (SSSR count). The highest BCUT2D eigenvalue weighted by Crippen LogP contribution is 2.23. The van der Waals surface area contributed by atoms with Crippen molar-refractivity contribution in [1.82, 2.24) is 29.5 Å². The van der Waals surface area contributed by atoms with Crippen molar-refractivity contribution < 1.29 is 9.53 Å². The summed E-state index contributed by atoms with van der Waals surface area (Å²) in [7, 11) is 3.60. The lowest BCUT2D eigenvalue weighted by Gasteiger charge is -2.25. The van der Waals surface area contributed by atoms with Crippen LogP contribution in [0.15, 0.2) is 11.0 Å². The van der Waals surface area contributed by atoms with Gasteiger partial charge in [-0.15, -0.1) is 0 Å². The number of likely N-dealkylation sites (N-methyl/N-ethyl adjacent to an activating group) is 1. The minimum atomic E-state index is -0.181. The van der Waals surface area contributed by atoms with Crippen molar-refractivity contribution in [3.8, 4) is 0 Å². The molecule has 2 fully saturated rings. The van der Waals surface area contributed by atoms with Gasteiger partial charge in [0.2, 0.25) is 5.91 Å². The Balaban J connectivity index is 1.55. The van der Waals surface area contributed by atoms with Crippen molar-refractivity contribution in [3.05, 3.63) is 22.4 Å². The lowest BCUT2D eigenvalue weighted by molar-refractivity contribution is -0.131.